The Kier molecular flexibility index (Phi) is 5.01. The molecule has 112 valence electrons. The van der Waals surface area contributed by atoms with Crippen molar-refractivity contribution in [2.24, 2.45) is 0 Å². The Morgan fingerprint density at radius 3 is 2.76 bits per heavy atom. The average Bonchev–Trinajstić information content (AvgIpc) is 2.77. The number of aryl methyl sites for hydroxylation is 2. The number of rotatable bonds is 5. The van der Waals surface area contributed by atoms with Gasteiger partial charge < -0.3 is 5.32 Å². The number of carbonyl (C=O) groups is 1. The van der Waals surface area contributed by atoms with E-state index in [1.165, 1.54) is 17.8 Å². The van der Waals surface area contributed by atoms with Crippen molar-refractivity contribution in [3.05, 3.63) is 47.0 Å². The molecule has 2 rings (SSSR count). The van der Waals surface area contributed by atoms with Gasteiger partial charge in [-0.25, -0.2) is 4.39 Å². The van der Waals surface area contributed by atoms with Gasteiger partial charge in [-0.1, -0.05) is 18.2 Å². The van der Waals surface area contributed by atoms with E-state index in [1.54, 1.807) is 18.2 Å². The lowest BCUT2D eigenvalue weighted by Crippen LogP contribution is -2.15. The van der Waals surface area contributed by atoms with Gasteiger partial charge in [-0.3, -0.25) is 9.89 Å². The Morgan fingerprint density at radius 1 is 1.43 bits per heavy atom. The van der Waals surface area contributed by atoms with Gasteiger partial charge in [0.1, 0.15) is 5.82 Å². The maximum absolute atomic E-state index is 13.6. The topological polar surface area (TPSA) is 57.8 Å². The molecular weight excluding hydrogens is 289 g/mol. The molecular formula is C15H18FN3OS. The predicted octanol–water partition coefficient (Wildman–Crippen LogP) is 3.60. The summed E-state index contributed by atoms with van der Waals surface area (Å²) in [5.74, 6) is -0.0882. The fourth-order valence-corrected chi connectivity index (χ4v) is 2.85. The van der Waals surface area contributed by atoms with Crippen LogP contribution in [0.3, 0.4) is 0 Å². The van der Waals surface area contributed by atoms with Crippen molar-refractivity contribution in [1.29, 1.82) is 0 Å². The van der Waals surface area contributed by atoms with Gasteiger partial charge in [0.05, 0.1) is 22.8 Å². The fraction of sp³-hybridized carbons (Fsp3) is 0.333. The van der Waals surface area contributed by atoms with Gasteiger partial charge in [0.2, 0.25) is 5.91 Å². The number of aromatic nitrogens is 2. The Labute approximate surface area is 127 Å². The summed E-state index contributed by atoms with van der Waals surface area (Å²) in [4.78, 5) is 12.0. The number of H-pyrrole nitrogens is 1. The van der Waals surface area contributed by atoms with Gasteiger partial charge in [-0.2, -0.15) is 5.10 Å². The van der Waals surface area contributed by atoms with E-state index < -0.39 is 0 Å². The lowest BCUT2D eigenvalue weighted by molar-refractivity contribution is -0.113. The number of halogens is 1. The van der Waals surface area contributed by atoms with E-state index in [2.05, 4.69) is 15.5 Å². The third-order valence-corrected chi connectivity index (χ3v) is 4.38. The largest absolute Gasteiger partial charge is 0.322 e. The van der Waals surface area contributed by atoms with Crippen LogP contribution in [-0.2, 0) is 4.79 Å². The summed E-state index contributed by atoms with van der Waals surface area (Å²) in [6, 6.07) is 6.64. The first-order valence-corrected chi connectivity index (χ1v) is 7.71. The molecule has 2 aromatic rings. The molecule has 21 heavy (non-hydrogen) atoms. The van der Waals surface area contributed by atoms with Gasteiger partial charge in [-0.15, -0.1) is 11.8 Å². The van der Waals surface area contributed by atoms with Crippen LogP contribution in [0.15, 0.2) is 24.3 Å². The summed E-state index contributed by atoms with van der Waals surface area (Å²) in [5, 5.41) is 9.60. The quantitative estimate of drug-likeness (QED) is 0.887. The number of aromatic amines is 1. The second-order valence-electron chi connectivity index (χ2n) is 4.83. The molecule has 0 saturated carbocycles. The van der Waals surface area contributed by atoms with Crippen LogP contribution in [-0.4, -0.2) is 21.9 Å². The molecule has 0 aliphatic heterocycles. The normalized spacial score (nSPS) is 12.2. The molecule has 1 unspecified atom stereocenters. The first kappa shape index (κ1) is 15.6. The first-order valence-electron chi connectivity index (χ1n) is 6.66. The van der Waals surface area contributed by atoms with E-state index in [1.807, 2.05) is 20.8 Å². The monoisotopic (exact) mass is 307 g/mol. The Bertz CT molecular complexity index is 622. The van der Waals surface area contributed by atoms with Crippen LogP contribution in [0.2, 0.25) is 0 Å². The molecule has 0 spiro atoms. The highest BCUT2D eigenvalue weighted by Crippen LogP contribution is 2.30. The van der Waals surface area contributed by atoms with Crippen LogP contribution in [0.5, 0.6) is 0 Å². The number of carbonyl (C=O) groups excluding carboxylic acids is 1. The Hall–Kier alpha value is -1.82. The summed E-state index contributed by atoms with van der Waals surface area (Å²) in [6.07, 6.45) is 0. The molecule has 1 heterocycles. The van der Waals surface area contributed by atoms with Crippen molar-refractivity contribution in [2.45, 2.75) is 26.0 Å². The van der Waals surface area contributed by atoms with Crippen molar-refractivity contribution in [3.8, 4) is 0 Å². The smallest absolute Gasteiger partial charge is 0.234 e. The number of hydrogen-bond acceptors (Lipinski definition) is 3. The summed E-state index contributed by atoms with van der Waals surface area (Å²) in [6.45, 7) is 5.57. The number of thioether (sulfide) groups is 1. The SMILES string of the molecule is Cc1n[nH]c(C)c1NC(=O)CSC(C)c1ccccc1F. The van der Waals surface area contributed by atoms with Crippen molar-refractivity contribution in [1.82, 2.24) is 10.2 Å². The van der Waals surface area contributed by atoms with E-state index >= 15 is 0 Å². The number of amides is 1. The predicted molar refractivity (Wildman–Crippen MR) is 84.0 cm³/mol. The number of hydrogen-bond donors (Lipinski definition) is 2. The molecule has 6 heteroatoms. The van der Waals surface area contributed by atoms with Gasteiger partial charge in [0, 0.05) is 10.8 Å². The zero-order valence-electron chi connectivity index (χ0n) is 12.2. The summed E-state index contributed by atoms with van der Waals surface area (Å²) >= 11 is 1.40. The minimum atomic E-state index is -0.237. The van der Waals surface area contributed by atoms with Crippen molar-refractivity contribution < 1.29 is 9.18 Å². The van der Waals surface area contributed by atoms with Crippen molar-refractivity contribution in [2.75, 3.05) is 11.1 Å². The molecule has 1 aromatic carbocycles. The van der Waals surface area contributed by atoms with Crippen molar-refractivity contribution in [3.63, 3.8) is 0 Å². The van der Waals surface area contributed by atoms with E-state index in [9.17, 15) is 9.18 Å². The highest BCUT2D eigenvalue weighted by atomic mass is 32.2. The van der Waals surface area contributed by atoms with E-state index in [4.69, 9.17) is 0 Å². The molecule has 0 aliphatic carbocycles. The maximum atomic E-state index is 13.6. The Balaban J connectivity index is 1.91. The van der Waals surface area contributed by atoms with Gasteiger partial charge in [-0.05, 0) is 26.8 Å². The van der Waals surface area contributed by atoms with Gasteiger partial charge >= 0.3 is 0 Å². The second-order valence-corrected chi connectivity index (χ2v) is 6.16. The van der Waals surface area contributed by atoms with E-state index in [-0.39, 0.29) is 22.7 Å². The van der Waals surface area contributed by atoms with Gasteiger partial charge in [0.15, 0.2) is 0 Å². The second kappa shape index (κ2) is 6.76. The summed E-state index contributed by atoms with van der Waals surface area (Å²) in [7, 11) is 0. The highest BCUT2D eigenvalue weighted by molar-refractivity contribution is 8.00. The average molecular weight is 307 g/mol. The number of anilines is 1. The molecule has 0 bridgehead atoms. The third kappa shape index (κ3) is 3.85. The van der Waals surface area contributed by atoms with Crippen LogP contribution in [0, 0.1) is 19.7 Å². The number of nitrogens with zero attached hydrogens (tertiary/aromatic N) is 1. The van der Waals surface area contributed by atoms with Gasteiger partial charge in [0.25, 0.3) is 0 Å². The number of benzene rings is 1. The van der Waals surface area contributed by atoms with Crippen LogP contribution in [0.1, 0.15) is 29.1 Å². The molecule has 0 aliphatic rings. The Morgan fingerprint density at radius 2 is 2.14 bits per heavy atom. The van der Waals surface area contributed by atoms with Crippen LogP contribution < -0.4 is 5.32 Å². The molecule has 1 aromatic heterocycles. The summed E-state index contributed by atoms with van der Waals surface area (Å²) in [5.41, 5.74) is 2.92. The molecule has 0 fully saturated rings. The molecule has 2 N–H and O–H groups in total. The first-order chi connectivity index (χ1) is 9.99. The minimum absolute atomic E-state index is 0.0801. The summed E-state index contributed by atoms with van der Waals surface area (Å²) < 4.78 is 13.6. The molecule has 4 nitrogen and oxygen atoms in total. The fourth-order valence-electron chi connectivity index (χ4n) is 2.01. The maximum Gasteiger partial charge on any atom is 0.234 e. The highest BCUT2D eigenvalue weighted by Gasteiger charge is 2.14. The number of nitrogens with one attached hydrogen (secondary N) is 2. The van der Waals surface area contributed by atoms with Crippen LogP contribution in [0.25, 0.3) is 0 Å². The van der Waals surface area contributed by atoms with E-state index in [0.29, 0.717) is 5.56 Å². The molecule has 1 atom stereocenters. The standard InChI is InChI=1S/C15H18FN3OS/c1-9-15(10(2)19-18-9)17-14(20)8-21-11(3)12-6-4-5-7-13(12)16/h4-7,11H,8H2,1-3H3,(H,17,20)(H,18,19). The zero-order chi connectivity index (χ0) is 15.4. The molecule has 0 saturated heterocycles. The lowest BCUT2D eigenvalue weighted by atomic mass is 10.1. The minimum Gasteiger partial charge on any atom is -0.322 e. The van der Waals surface area contributed by atoms with Crippen molar-refractivity contribution >= 4 is 23.4 Å². The lowest BCUT2D eigenvalue weighted by Gasteiger charge is -2.12. The third-order valence-electron chi connectivity index (χ3n) is 3.20. The van der Waals surface area contributed by atoms with E-state index in [0.717, 1.165) is 17.1 Å². The van der Waals surface area contributed by atoms with Crippen LogP contribution >= 0.6 is 11.8 Å². The van der Waals surface area contributed by atoms with Crippen LogP contribution in [0.4, 0.5) is 10.1 Å². The molecule has 0 radical (unpaired) electrons. The zero-order valence-corrected chi connectivity index (χ0v) is 13.1. The molecule has 1 amide bonds.